The molecule has 0 aliphatic carbocycles. The molecular weight excluding hydrogens is 479 g/mol. The average molecular weight is 503 g/mol. The number of carbonyl (C=O) groups excluding carboxylic acids is 1. The topological polar surface area (TPSA) is 41.6 Å². The minimum absolute atomic E-state index is 0.0395. The molecule has 1 amide bonds. The van der Waals surface area contributed by atoms with Crippen LogP contribution in [0.5, 0.6) is 5.75 Å². The molecule has 0 fully saturated rings. The van der Waals surface area contributed by atoms with Crippen molar-refractivity contribution in [2.75, 3.05) is 10.2 Å². The minimum atomic E-state index is -0.364. The van der Waals surface area contributed by atoms with Gasteiger partial charge in [0.2, 0.25) is 0 Å². The monoisotopic (exact) mass is 502 g/mol. The summed E-state index contributed by atoms with van der Waals surface area (Å²) in [5.74, 6) is 0.647. The van der Waals surface area contributed by atoms with Crippen LogP contribution in [0.15, 0.2) is 91.0 Å². The molecular formula is C29H24Cl2N2O2. The van der Waals surface area contributed by atoms with Crippen molar-refractivity contribution >= 4 is 40.5 Å². The minimum Gasteiger partial charge on any atom is -0.489 e. The SMILES string of the molecule is CCc1ccc(N2C(=O)c3ccccc3NC2c2ccc(OCc3c(Cl)cccc3Cl)cc2)cc1. The molecule has 0 aromatic heterocycles. The third-order valence-electron chi connectivity index (χ3n) is 6.19. The second kappa shape index (κ2) is 10.0. The molecule has 0 spiro atoms. The van der Waals surface area contributed by atoms with Gasteiger partial charge in [-0.1, -0.05) is 72.6 Å². The summed E-state index contributed by atoms with van der Waals surface area (Å²) < 4.78 is 5.94. The number of nitrogens with one attached hydrogen (secondary N) is 1. The summed E-state index contributed by atoms with van der Waals surface area (Å²) in [5, 5.41) is 4.69. The maximum atomic E-state index is 13.6. The molecule has 1 N–H and O–H groups in total. The van der Waals surface area contributed by atoms with Crippen LogP contribution in [0.25, 0.3) is 0 Å². The van der Waals surface area contributed by atoms with Crippen molar-refractivity contribution in [2.24, 2.45) is 0 Å². The molecule has 4 aromatic rings. The van der Waals surface area contributed by atoms with Gasteiger partial charge in [0.1, 0.15) is 18.5 Å². The fourth-order valence-electron chi connectivity index (χ4n) is 4.22. The van der Waals surface area contributed by atoms with E-state index in [-0.39, 0.29) is 18.7 Å². The van der Waals surface area contributed by atoms with E-state index in [1.165, 1.54) is 5.56 Å². The smallest absolute Gasteiger partial charge is 0.262 e. The maximum absolute atomic E-state index is 13.6. The van der Waals surface area contributed by atoms with Crippen molar-refractivity contribution in [2.45, 2.75) is 26.1 Å². The molecule has 5 rings (SSSR count). The van der Waals surface area contributed by atoms with Gasteiger partial charge in [0.25, 0.3) is 5.91 Å². The maximum Gasteiger partial charge on any atom is 0.262 e. The highest BCUT2D eigenvalue weighted by Crippen LogP contribution is 2.37. The fraction of sp³-hybridized carbons (Fsp3) is 0.138. The van der Waals surface area contributed by atoms with Gasteiger partial charge in [-0.05, 0) is 66.1 Å². The number of rotatable bonds is 6. The summed E-state index contributed by atoms with van der Waals surface area (Å²) in [6.45, 7) is 2.38. The quantitative estimate of drug-likeness (QED) is 0.291. The lowest BCUT2D eigenvalue weighted by Gasteiger charge is -2.38. The first-order chi connectivity index (χ1) is 17.0. The number of ether oxygens (including phenoxy) is 1. The van der Waals surface area contributed by atoms with Gasteiger partial charge in [0, 0.05) is 27.0 Å². The van der Waals surface area contributed by atoms with E-state index in [4.69, 9.17) is 27.9 Å². The lowest BCUT2D eigenvalue weighted by atomic mass is 10.0. The zero-order valence-electron chi connectivity index (χ0n) is 19.2. The molecule has 1 heterocycles. The summed E-state index contributed by atoms with van der Waals surface area (Å²) in [6.07, 6.45) is 0.580. The Bertz CT molecular complexity index is 1330. The van der Waals surface area contributed by atoms with E-state index in [0.717, 1.165) is 28.9 Å². The van der Waals surface area contributed by atoms with Crippen molar-refractivity contribution in [3.8, 4) is 5.75 Å². The summed E-state index contributed by atoms with van der Waals surface area (Å²) in [4.78, 5) is 15.4. The van der Waals surface area contributed by atoms with Gasteiger partial charge < -0.3 is 10.1 Å². The number of carbonyl (C=O) groups is 1. The highest BCUT2D eigenvalue weighted by molar-refractivity contribution is 6.35. The van der Waals surface area contributed by atoms with Crippen LogP contribution in [-0.2, 0) is 13.0 Å². The van der Waals surface area contributed by atoms with Crippen LogP contribution in [0.4, 0.5) is 11.4 Å². The first-order valence-corrected chi connectivity index (χ1v) is 12.2. The Morgan fingerprint density at radius 2 is 1.54 bits per heavy atom. The molecule has 1 aliphatic heterocycles. The molecule has 1 aliphatic rings. The van der Waals surface area contributed by atoms with Crippen LogP contribution in [0.3, 0.4) is 0 Å². The summed E-state index contributed by atoms with van der Waals surface area (Å²) in [7, 11) is 0. The number of nitrogens with zero attached hydrogens (tertiary/aromatic N) is 1. The largest absolute Gasteiger partial charge is 0.489 e. The number of fused-ring (bicyclic) bond motifs is 1. The molecule has 0 saturated heterocycles. The Balaban J connectivity index is 1.43. The first kappa shape index (κ1) is 23.3. The fourth-order valence-corrected chi connectivity index (χ4v) is 4.72. The number of amides is 1. The number of hydrogen-bond donors (Lipinski definition) is 1. The van der Waals surface area contributed by atoms with Gasteiger partial charge in [-0.3, -0.25) is 9.69 Å². The molecule has 1 unspecified atom stereocenters. The van der Waals surface area contributed by atoms with Gasteiger partial charge in [-0.25, -0.2) is 0 Å². The molecule has 0 bridgehead atoms. The Kier molecular flexibility index (Phi) is 6.67. The van der Waals surface area contributed by atoms with Gasteiger partial charge in [0.05, 0.1) is 5.56 Å². The van der Waals surface area contributed by atoms with Crippen LogP contribution in [0, 0.1) is 0 Å². The second-order valence-corrected chi connectivity index (χ2v) is 9.16. The average Bonchev–Trinajstić information content (AvgIpc) is 2.89. The van der Waals surface area contributed by atoms with Gasteiger partial charge >= 0.3 is 0 Å². The van der Waals surface area contributed by atoms with Crippen molar-refractivity contribution in [3.05, 3.63) is 123 Å². The molecule has 0 saturated carbocycles. The number of anilines is 2. The van der Waals surface area contributed by atoms with Crippen molar-refractivity contribution in [1.29, 1.82) is 0 Å². The Labute approximate surface area is 215 Å². The van der Waals surface area contributed by atoms with Gasteiger partial charge in [-0.15, -0.1) is 0 Å². The number of halogens is 2. The standard InChI is InChI=1S/C29H24Cl2N2O2/c1-2-19-10-14-21(15-11-19)33-28(32-27-9-4-3-6-23(27)29(33)34)20-12-16-22(17-13-20)35-18-24-25(30)7-5-8-26(24)31/h3-17,28,32H,2,18H2,1H3. The molecule has 4 nitrogen and oxygen atoms in total. The van der Waals surface area contributed by atoms with Crippen molar-refractivity contribution < 1.29 is 9.53 Å². The Morgan fingerprint density at radius 1 is 0.857 bits per heavy atom. The summed E-state index contributed by atoms with van der Waals surface area (Å²) in [6, 6.07) is 28.9. The van der Waals surface area contributed by atoms with Crippen LogP contribution in [0.2, 0.25) is 10.0 Å². The van der Waals surface area contributed by atoms with Crippen LogP contribution in [-0.4, -0.2) is 5.91 Å². The second-order valence-electron chi connectivity index (χ2n) is 8.35. The van der Waals surface area contributed by atoms with Crippen molar-refractivity contribution in [3.63, 3.8) is 0 Å². The molecule has 4 aromatic carbocycles. The van der Waals surface area contributed by atoms with Crippen LogP contribution >= 0.6 is 23.2 Å². The number of aryl methyl sites for hydroxylation is 1. The highest BCUT2D eigenvalue weighted by Gasteiger charge is 2.34. The highest BCUT2D eigenvalue weighted by atomic mass is 35.5. The number of benzene rings is 4. The lowest BCUT2D eigenvalue weighted by Crippen LogP contribution is -2.43. The van der Waals surface area contributed by atoms with E-state index in [2.05, 4.69) is 24.4 Å². The van der Waals surface area contributed by atoms with E-state index >= 15 is 0 Å². The lowest BCUT2D eigenvalue weighted by molar-refractivity contribution is 0.0975. The van der Waals surface area contributed by atoms with Gasteiger partial charge in [-0.2, -0.15) is 0 Å². The molecule has 35 heavy (non-hydrogen) atoms. The molecule has 6 heteroatoms. The van der Waals surface area contributed by atoms with E-state index in [0.29, 0.717) is 21.4 Å². The third kappa shape index (κ3) is 4.72. The van der Waals surface area contributed by atoms with Gasteiger partial charge in [0.15, 0.2) is 0 Å². The Morgan fingerprint density at radius 3 is 2.23 bits per heavy atom. The van der Waals surface area contributed by atoms with E-state index in [1.54, 1.807) is 23.1 Å². The molecule has 0 radical (unpaired) electrons. The molecule has 1 atom stereocenters. The molecule has 176 valence electrons. The predicted octanol–water partition coefficient (Wildman–Crippen LogP) is 7.91. The predicted molar refractivity (Wildman–Crippen MR) is 143 cm³/mol. The Hall–Kier alpha value is -3.47. The van der Waals surface area contributed by atoms with Crippen molar-refractivity contribution in [1.82, 2.24) is 0 Å². The summed E-state index contributed by atoms with van der Waals surface area (Å²) in [5.41, 5.74) is 5.22. The third-order valence-corrected chi connectivity index (χ3v) is 6.90. The van der Waals surface area contributed by atoms with Crippen LogP contribution < -0.4 is 15.0 Å². The van der Waals surface area contributed by atoms with E-state index < -0.39 is 0 Å². The first-order valence-electron chi connectivity index (χ1n) is 11.5. The van der Waals surface area contributed by atoms with E-state index in [9.17, 15) is 4.79 Å². The number of para-hydroxylation sites is 1. The summed E-state index contributed by atoms with van der Waals surface area (Å²) >= 11 is 12.5. The van der Waals surface area contributed by atoms with Crippen LogP contribution in [0.1, 0.15) is 40.1 Å². The normalized spacial score (nSPS) is 14.9. The zero-order valence-corrected chi connectivity index (χ0v) is 20.7. The zero-order chi connectivity index (χ0) is 24.4. The van der Waals surface area contributed by atoms with E-state index in [1.807, 2.05) is 60.7 Å². The number of hydrogen-bond acceptors (Lipinski definition) is 3.